The summed E-state index contributed by atoms with van der Waals surface area (Å²) in [4.78, 5) is 16.6. The number of carboxylic acids is 1. The van der Waals surface area contributed by atoms with Gasteiger partial charge in [-0.25, -0.2) is 4.79 Å². The minimum atomic E-state index is -4.63. The average Bonchev–Trinajstić information content (AvgIpc) is 3.08. The maximum Gasteiger partial charge on any atom is 0.417 e. The summed E-state index contributed by atoms with van der Waals surface area (Å²) in [6, 6.07) is 6.56. The van der Waals surface area contributed by atoms with Crippen LogP contribution in [0.2, 0.25) is 15.1 Å². The topological polar surface area (TPSA) is 76.6 Å². The summed E-state index contributed by atoms with van der Waals surface area (Å²) < 4.78 is 39.7. The molecule has 0 bridgehead atoms. The Kier molecular flexibility index (Phi) is 6.35. The Morgan fingerprint density at radius 2 is 1.76 bits per heavy atom. The molecule has 0 atom stereocenters. The number of carboxylic acid groups (broad SMARTS) is 1. The quantitative estimate of drug-likeness (QED) is 0.375. The molecule has 1 aliphatic heterocycles. The minimum absolute atomic E-state index is 0.0116. The molecule has 3 N–H and O–H groups in total. The summed E-state index contributed by atoms with van der Waals surface area (Å²) in [6.07, 6.45) is -4.30. The van der Waals surface area contributed by atoms with Crippen molar-refractivity contribution in [2.75, 3.05) is 13.1 Å². The highest BCUT2D eigenvalue weighted by molar-refractivity contribution is 6.39. The maximum absolute atomic E-state index is 13.2. The van der Waals surface area contributed by atoms with E-state index in [4.69, 9.17) is 34.8 Å². The molecule has 1 saturated heterocycles. The normalized spacial score (nSPS) is 16.9. The van der Waals surface area contributed by atoms with Gasteiger partial charge in [-0.05, 0) is 42.7 Å². The summed E-state index contributed by atoms with van der Waals surface area (Å²) in [5.74, 6) is -1.15. The van der Waals surface area contributed by atoms with E-state index in [0.29, 0.717) is 39.6 Å². The molecule has 0 radical (unpaired) electrons. The molecule has 176 valence electrons. The van der Waals surface area contributed by atoms with Gasteiger partial charge in [0.2, 0.25) is 0 Å². The van der Waals surface area contributed by atoms with Crippen molar-refractivity contribution in [1.29, 1.82) is 0 Å². The summed E-state index contributed by atoms with van der Waals surface area (Å²) in [5, 5.41) is 21.5. The van der Waals surface area contributed by atoms with Crippen LogP contribution in [0.3, 0.4) is 0 Å². The van der Waals surface area contributed by atoms with Crippen LogP contribution in [0.15, 0.2) is 30.3 Å². The number of hydrogen-bond acceptors (Lipinski definition) is 3. The fraction of sp³-hybridized carbons (Fsp3) is 0.318. The number of benzene rings is 2. The molecule has 0 saturated carbocycles. The number of H-pyrrole nitrogens is 1. The lowest BCUT2D eigenvalue weighted by Crippen LogP contribution is -2.42. The standard InChI is InChI=1S/C22H18Cl3F3N2O3/c23-12-8-16(25)18-13(19(20(31)32)29-17(18)9-12)10-30-5-3-21(33,4-6-30)11-1-2-15(24)14(7-11)22(26,27)28/h1-2,7-9,29,33H,3-6,10H2,(H,31,32). The van der Waals surface area contributed by atoms with E-state index >= 15 is 0 Å². The van der Waals surface area contributed by atoms with Crippen molar-refractivity contribution >= 4 is 51.7 Å². The number of aromatic amines is 1. The molecular formula is C22H18Cl3F3N2O3. The van der Waals surface area contributed by atoms with Crippen LogP contribution in [0.5, 0.6) is 0 Å². The first-order valence-corrected chi connectivity index (χ1v) is 11.1. The van der Waals surface area contributed by atoms with Gasteiger partial charge in [-0.3, -0.25) is 4.90 Å². The molecule has 0 unspecified atom stereocenters. The van der Waals surface area contributed by atoms with Crippen LogP contribution < -0.4 is 0 Å². The fourth-order valence-corrected chi connectivity index (χ4v) is 5.11. The summed E-state index contributed by atoms with van der Waals surface area (Å²) in [7, 11) is 0. The van der Waals surface area contributed by atoms with Crippen molar-refractivity contribution in [2.45, 2.75) is 31.2 Å². The first-order chi connectivity index (χ1) is 15.4. The van der Waals surface area contributed by atoms with Gasteiger partial charge in [0.25, 0.3) is 0 Å². The highest BCUT2D eigenvalue weighted by atomic mass is 35.5. The van der Waals surface area contributed by atoms with Gasteiger partial charge in [0, 0.05) is 41.1 Å². The predicted molar refractivity (Wildman–Crippen MR) is 120 cm³/mol. The van der Waals surface area contributed by atoms with Gasteiger partial charge in [-0.1, -0.05) is 40.9 Å². The summed E-state index contributed by atoms with van der Waals surface area (Å²) in [5.41, 5.74) is -1.33. The Morgan fingerprint density at radius 1 is 1.09 bits per heavy atom. The number of nitrogens with zero attached hydrogens (tertiary/aromatic N) is 1. The molecule has 5 nitrogen and oxygen atoms in total. The molecule has 11 heteroatoms. The van der Waals surface area contributed by atoms with E-state index < -0.39 is 28.3 Å². The second kappa shape index (κ2) is 8.67. The van der Waals surface area contributed by atoms with Crippen LogP contribution in [0, 0.1) is 0 Å². The Bertz CT molecular complexity index is 1240. The van der Waals surface area contributed by atoms with E-state index in [-0.39, 0.29) is 30.6 Å². The third-order valence-electron chi connectivity index (χ3n) is 6.01. The molecule has 4 rings (SSSR count). The van der Waals surface area contributed by atoms with Gasteiger partial charge in [0.1, 0.15) is 5.69 Å². The van der Waals surface area contributed by atoms with Crippen LogP contribution in [0.25, 0.3) is 10.9 Å². The lowest BCUT2D eigenvalue weighted by Gasteiger charge is -2.39. The van der Waals surface area contributed by atoms with E-state index in [1.807, 2.05) is 4.90 Å². The van der Waals surface area contributed by atoms with Crippen LogP contribution in [-0.4, -0.2) is 39.2 Å². The van der Waals surface area contributed by atoms with Crippen LogP contribution >= 0.6 is 34.8 Å². The third-order valence-corrected chi connectivity index (χ3v) is 6.85. The lowest BCUT2D eigenvalue weighted by molar-refractivity contribution is -0.137. The number of piperidine rings is 1. The van der Waals surface area contributed by atoms with Gasteiger partial charge < -0.3 is 15.2 Å². The molecule has 1 fully saturated rings. The van der Waals surface area contributed by atoms with Crippen molar-refractivity contribution < 1.29 is 28.2 Å². The molecule has 2 aromatic carbocycles. The molecule has 1 aliphatic rings. The molecule has 33 heavy (non-hydrogen) atoms. The highest BCUT2D eigenvalue weighted by Gasteiger charge is 2.38. The highest BCUT2D eigenvalue weighted by Crippen LogP contribution is 2.40. The molecule has 1 aromatic heterocycles. The van der Waals surface area contributed by atoms with E-state index in [9.17, 15) is 28.2 Å². The number of hydrogen-bond donors (Lipinski definition) is 3. The van der Waals surface area contributed by atoms with E-state index in [2.05, 4.69) is 4.98 Å². The number of carbonyl (C=O) groups is 1. The van der Waals surface area contributed by atoms with E-state index in [1.54, 1.807) is 6.07 Å². The first kappa shape index (κ1) is 24.2. The SMILES string of the molecule is O=C(O)c1[nH]c2cc(Cl)cc(Cl)c2c1CN1CCC(O)(c2ccc(Cl)c(C(F)(F)F)c2)CC1. The number of alkyl halides is 3. The average molecular weight is 522 g/mol. The third kappa shape index (κ3) is 4.68. The Hall–Kier alpha value is -1.97. The smallest absolute Gasteiger partial charge is 0.417 e. The van der Waals surface area contributed by atoms with Crippen molar-refractivity contribution in [3.63, 3.8) is 0 Å². The van der Waals surface area contributed by atoms with Gasteiger partial charge in [0.05, 0.1) is 21.2 Å². The number of aromatic nitrogens is 1. The molecule has 2 heterocycles. The number of likely N-dealkylation sites (tertiary alicyclic amines) is 1. The Balaban J connectivity index is 1.58. The van der Waals surface area contributed by atoms with Gasteiger partial charge in [-0.15, -0.1) is 0 Å². The number of nitrogens with one attached hydrogen (secondary N) is 1. The molecule has 0 aliphatic carbocycles. The number of aliphatic hydroxyl groups is 1. The Morgan fingerprint density at radius 3 is 2.36 bits per heavy atom. The lowest BCUT2D eigenvalue weighted by atomic mass is 9.83. The van der Waals surface area contributed by atoms with Crippen molar-refractivity contribution in [3.05, 3.63) is 67.8 Å². The summed E-state index contributed by atoms with van der Waals surface area (Å²) in [6.45, 7) is 0.891. The molecule has 0 amide bonds. The predicted octanol–water partition coefficient (Wildman–Crippen LogP) is 6.33. The number of fused-ring (bicyclic) bond motifs is 1. The molecular weight excluding hydrogens is 504 g/mol. The number of halogens is 6. The zero-order valence-corrected chi connectivity index (χ0v) is 19.2. The molecule has 3 aromatic rings. The summed E-state index contributed by atoms with van der Waals surface area (Å²) >= 11 is 18.1. The van der Waals surface area contributed by atoms with Gasteiger partial charge in [-0.2, -0.15) is 13.2 Å². The van der Waals surface area contributed by atoms with E-state index in [1.165, 1.54) is 12.1 Å². The van der Waals surface area contributed by atoms with Gasteiger partial charge in [0.15, 0.2) is 0 Å². The molecule has 0 spiro atoms. The zero-order chi connectivity index (χ0) is 24.1. The van der Waals surface area contributed by atoms with Crippen molar-refractivity contribution in [3.8, 4) is 0 Å². The monoisotopic (exact) mass is 520 g/mol. The van der Waals surface area contributed by atoms with Crippen LogP contribution in [0.4, 0.5) is 13.2 Å². The number of rotatable bonds is 4. The first-order valence-electron chi connectivity index (χ1n) is 9.94. The van der Waals surface area contributed by atoms with Crippen LogP contribution in [0.1, 0.15) is 40.0 Å². The second-order valence-corrected chi connectivity index (χ2v) is 9.34. The largest absolute Gasteiger partial charge is 0.477 e. The van der Waals surface area contributed by atoms with Crippen LogP contribution in [-0.2, 0) is 18.3 Å². The second-order valence-electron chi connectivity index (χ2n) is 8.09. The number of aromatic carboxylic acids is 1. The fourth-order valence-electron chi connectivity index (χ4n) is 4.28. The van der Waals surface area contributed by atoms with E-state index in [0.717, 1.165) is 12.1 Å². The zero-order valence-electron chi connectivity index (χ0n) is 16.9. The Labute approximate surface area is 201 Å². The van der Waals surface area contributed by atoms with Crippen molar-refractivity contribution in [2.24, 2.45) is 0 Å². The van der Waals surface area contributed by atoms with Crippen molar-refractivity contribution in [1.82, 2.24) is 9.88 Å². The minimum Gasteiger partial charge on any atom is -0.477 e. The maximum atomic E-state index is 13.2. The van der Waals surface area contributed by atoms with Gasteiger partial charge >= 0.3 is 12.1 Å².